The minimum atomic E-state index is -4.21. The van der Waals surface area contributed by atoms with Gasteiger partial charge < -0.3 is 9.64 Å². The highest BCUT2D eigenvalue weighted by Crippen LogP contribution is 2.40. The van der Waals surface area contributed by atoms with Gasteiger partial charge >= 0.3 is 0 Å². The van der Waals surface area contributed by atoms with Crippen molar-refractivity contribution in [3.8, 4) is 11.7 Å². The monoisotopic (exact) mass is 621 g/mol. The molecule has 230 valence electrons. The van der Waals surface area contributed by atoms with Gasteiger partial charge in [0.2, 0.25) is 5.88 Å². The number of nitrogens with zero attached hydrogens (tertiary/aromatic N) is 6. The summed E-state index contributed by atoms with van der Waals surface area (Å²) in [6.45, 7) is 15.2. The normalized spacial score (nSPS) is 18.6. The molecule has 3 atom stereocenters. The van der Waals surface area contributed by atoms with Gasteiger partial charge in [0.25, 0.3) is 15.9 Å². The van der Waals surface area contributed by atoms with Crippen molar-refractivity contribution in [3.63, 3.8) is 0 Å². The SMILES string of the molecule is Cc1nn(C)c(C)c1S(=O)(=O)NC(=O)c1ccc(-n2ccc(OCC(C)(C)C(C)(F)P)n2)nc1N1C[C@@H](C)CC1(C)C. The van der Waals surface area contributed by atoms with Crippen LogP contribution in [0, 0.1) is 25.2 Å². The van der Waals surface area contributed by atoms with E-state index in [0.717, 1.165) is 6.42 Å². The average Bonchev–Trinajstić information content (AvgIpc) is 3.51. The maximum atomic E-state index is 14.5. The fourth-order valence-corrected chi connectivity index (χ4v) is 6.68. The van der Waals surface area contributed by atoms with Gasteiger partial charge in [-0.25, -0.2) is 27.2 Å². The molecule has 0 aromatic carbocycles. The van der Waals surface area contributed by atoms with Crippen LogP contribution in [-0.2, 0) is 17.1 Å². The fraction of sp³-hybridized carbons (Fsp3) is 0.571. The summed E-state index contributed by atoms with van der Waals surface area (Å²) in [5.41, 5.74) is -0.280. The molecular weight excluding hydrogens is 580 g/mol. The summed E-state index contributed by atoms with van der Waals surface area (Å²) < 4.78 is 52.1. The number of rotatable bonds is 9. The zero-order chi connectivity index (χ0) is 31.4. The molecule has 1 saturated heterocycles. The Kier molecular flexibility index (Phi) is 8.27. The molecule has 3 aromatic heterocycles. The summed E-state index contributed by atoms with van der Waals surface area (Å²) >= 11 is 0. The van der Waals surface area contributed by atoms with Gasteiger partial charge in [0.15, 0.2) is 5.82 Å². The van der Waals surface area contributed by atoms with Crippen molar-refractivity contribution in [2.75, 3.05) is 18.1 Å². The zero-order valence-corrected chi connectivity index (χ0v) is 27.7. The Morgan fingerprint density at radius 3 is 2.43 bits per heavy atom. The van der Waals surface area contributed by atoms with Gasteiger partial charge in [-0.2, -0.15) is 5.10 Å². The Labute approximate surface area is 249 Å². The molecule has 0 spiro atoms. The number of pyridine rings is 1. The molecule has 1 aliphatic rings. The minimum absolute atomic E-state index is 0.0263. The molecule has 1 aliphatic heterocycles. The first-order valence-electron chi connectivity index (χ1n) is 13.8. The number of nitrogens with one attached hydrogen (secondary N) is 1. The van der Waals surface area contributed by atoms with E-state index in [4.69, 9.17) is 9.72 Å². The highest BCUT2D eigenvalue weighted by atomic mass is 32.2. The van der Waals surface area contributed by atoms with Crippen molar-refractivity contribution >= 4 is 31.0 Å². The standard InChI is InChI=1S/C28H41FN7O4PS/c1-17-14-27(6,7)35(15-17)24-20(25(37)33-42(38,39)23-18(2)31-34(9)19(23)3)10-11-21(30-24)36-13-12-22(32-36)40-16-26(4,5)28(8,29)41/h10-13,17H,14-16,41H2,1-9H3,(H,33,37)/t17-,28?/m0/s1. The van der Waals surface area contributed by atoms with Crippen LogP contribution in [0.3, 0.4) is 0 Å². The first kappa shape index (κ1) is 31.9. The number of ether oxygens (including phenoxy) is 1. The predicted molar refractivity (Wildman–Crippen MR) is 162 cm³/mol. The van der Waals surface area contributed by atoms with Gasteiger partial charge in [-0.3, -0.25) is 9.48 Å². The fourth-order valence-electron chi connectivity index (χ4n) is 5.19. The maximum absolute atomic E-state index is 14.5. The van der Waals surface area contributed by atoms with E-state index in [1.165, 1.54) is 16.3 Å². The smallest absolute Gasteiger partial charge is 0.268 e. The third kappa shape index (κ3) is 6.17. The molecule has 4 rings (SSSR count). The molecule has 0 bridgehead atoms. The van der Waals surface area contributed by atoms with Crippen LogP contribution in [0.2, 0.25) is 0 Å². The summed E-state index contributed by atoms with van der Waals surface area (Å²) in [5, 5.41) is 7.10. The quantitative estimate of drug-likeness (QED) is 0.351. The molecule has 4 heterocycles. The number of alkyl halides is 1. The molecule has 0 radical (unpaired) electrons. The number of amides is 1. The van der Waals surface area contributed by atoms with Crippen molar-refractivity contribution in [3.05, 3.63) is 41.3 Å². The third-order valence-corrected chi connectivity index (χ3v) is 10.4. The number of hydrogen-bond donors (Lipinski definition) is 1. The van der Waals surface area contributed by atoms with Gasteiger partial charge in [0, 0.05) is 36.8 Å². The van der Waals surface area contributed by atoms with Crippen LogP contribution in [0.1, 0.15) is 69.7 Å². The summed E-state index contributed by atoms with van der Waals surface area (Å²) in [6, 6.07) is 4.81. The Hall–Kier alpha value is -3.05. The van der Waals surface area contributed by atoms with E-state index < -0.39 is 26.8 Å². The molecule has 0 aliphatic carbocycles. The molecular formula is C28H41FN7O4PS. The molecule has 14 heteroatoms. The van der Waals surface area contributed by atoms with Gasteiger partial charge in [0.05, 0.1) is 23.6 Å². The van der Waals surface area contributed by atoms with Crippen LogP contribution in [0.25, 0.3) is 5.82 Å². The number of sulfonamides is 1. The molecule has 0 saturated carbocycles. The van der Waals surface area contributed by atoms with Crippen molar-refractivity contribution in [1.29, 1.82) is 0 Å². The average molecular weight is 622 g/mol. The molecule has 42 heavy (non-hydrogen) atoms. The summed E-state index contributed by atoms with van der Waals surface area (Å²) in [7, 11) is -0.355. The second kappa shape index (κ2) is 10.9. The summed E-state index contributed by atoms with van der Waals surface area (Å²) in [6.07, 6.45) is 2.53. The zero-order valence-electron chi connectivity index (χ0n) is 25.7. The molecule has 1 amide bonds. The maximum Gasteiger partial charge on any atom is 0.268 e. The van der Waals surface area contributed by atoms with Crippen molar-refractivity contribution in [1.82, 2.24) is 29.3 Å². The van der Waals surface area contributed by atoms with Crippen molar-refractivity contribution in [2.45, 2.75) is 77.7 Å². The highest BCUT2D eigenvalue weighted by molar-refractivity contribution is 7.90. The number of carbonyl (C=O) groups excluding carboxylic acids is 1. The van der Waals surface area contributed by atoms with Gasteiger partial charge in [-0.15, -0.1) is 5.10 Å². The number of aryl methyl sites for hydroxylation is 2. The van der Waals surface area contributed by atoms with Crippen LogP contribution in [0.5, 0.6) is 5.88 Å². The van der Waals surface area contributed by atoms with Crippen molar-refractivity contribution < 1.29 is 22.3 Å². The van der Waals surface area contributed by atoms with E-state index in [-0.39, 0.29) is 22.6 Å². The lowest BCUT2D eigenvalue weighted by Gasteiger charge is -2.34. The van der Waals surface area contributed by atoms with Crippen LogP contribution in [0.4, 0.5) is 10.2 Å². The van der Waals surface area contributed by atoms with Crippen molar-refractivity contribution in [2.24, 2.45) is 18.4 Å². The summed E-state index contributed by atoms with van der Waals surface area (Å²) in [4.78, 5) is 20.4. The van der Waals surface area contributed by atoms with Gasteiger partial charge in [0.1, 0.15) is 16.1 Å². The van der Waals surface area contributed by atoms with E-state index in [9.17, 15) is 17.6 Å². The predicted octanol–water partition coefficient (Wildman–Crippen LogP) is 4.33. The first-order valence-corrected chi connectivity index (χ1v) is 15.8. The number of aromatic nitrogens is 5. The van der Waals surface area contributed by atoms with E-state index >= 15 is 0 Å². The Balaban J connectivity index is 1.69. The summed E-state index contributed by atoms with van der Waals surface area (Å²) in [5.74, 6) is 0.599. The second-order valence-corrected chi connectivity index (χ2v) is 15.4. The van der Waals surface area contributed by atoms with E-state index in [0.29, 0.717) is 41.4 Å². The van der Waals surface area contributed by atoms with Crippen LogP contribution >= 0.6 is 9.24 Å². The van der Waals surface area contributed by atoms with E-state index in [1.807, 2.05) is 4.90 Å². The lowest BCUT2D eigenvalue weighted by Crippen LogP contribution is -2.41. The van der Waals surface area contributed by atoms with Gasteiger partial charge in [-0.05, 0) is 59.1 Å². The third-order valence-electron chi connectivity index (χ3n) is 8.08. The first-order chi connectivity index (χ1) is 19.2. The molecule has 11 nitrogen and oxygen atoms in total. The van der Waals surface area contributed by atoms with E-state index in [1.54, 1.807) is 59.1 Å². The number of carbonyl (C=O) groups is 1. The molecule has 1 fully saturated rings. The van der Waals surface area contributed by atoms with Crippen LogP contribution < -0.4 is 14.4 Å². The lowest BCUT2D eigenvalue weighted by molar-refractivity contribution is 0.0632. The Bertz CT molecular complexity index is 1610. The van der Waals surface area contributed by atoms with Gasteiger partial charge in [-0.1, -0.05) is 30.0 Å². The molecule has 1 N–H and O–H groups in total. The number of halogens is 1. The Morgan fingerprint density at radius 1 is 1.21 bits per heavy atom. The number of anilines is 1. The molecule has 2 unspecified atom stereocenters. The topological polar surface area (TPSA) is 124 Å². The van der Waals surface area contributed by atoms with Crippen LogP contribution in [0.15, 0.2) is 29.3 Å². The second-order valence-electron chi connectivity index (χ2n) is 12.7. The molecule has 3 aromatic rings. The largest absolute Gasteiger partial charge is 0.476 e. The minimum Gasteiger partial charge on any atom is -0.476 e. The highest BCUT2D eigenvalue weighted by Gasteiger charge is 2.40. The van der Waals surface area contributed by atoms with E-state index in [2.05, 4.69) is 44.9 Å². The van der Waals surface area contributed by atoms with Crippen LogP contribution in [-0.4, -0.2) is 63.0 Å². The lowest BCUT2D eigenvalue weighted by atomic mass is 9.89. The Morgan fingerprint density at radius 2 is 1.88 bits per heavy atom. The number of hydrogen-bond acceptors (Lipinski definition) is 8.